The normalized spacial score (nSPS) is 12.3. The minimum absolute atomic E-state index is 0.0888. The highest BCUT2D eigenvalue weighted by atomic mass is 16.5. The zero-order chi connectivity index (χ0) is 16.2. The van der Waals surface area contributed by atoms with Crippen molar-refractivity contribution in [2.45, 2.75) is 19.9 Å². The Morgan fingerprint density at radius 2 is 2.00 bits per heavy atom. The lowest BCUT2D eigenvalue weighted by atomic mass is 10.0. The first kappa shape index (κ1) is 15.0. The zero-order valence-electron chi connectivity index (χ0n) is 12.9. The summed E-state index contributed by atoms with van der Waals surface area (Å²) in [5.74, 6) is 0.709. The van der Waals surface area contributed by atoms with Crippen molar-refractivity contribution in [3.05, 3.63) is 54.2 Å². The van der Waals surface area contributed by atoms with E-state index in [9.17, 15) is 4.79 Å². The van der Waals surface area contributed by atoms with Crippen molar-refractivity contribution in [2.24, 2.45) is 5.92 Å². The highest BCUT2D eigenvalue weighted by Gasteiger charge is 2.25. The van der Waals surface area contributed by atoms with Crippen molar-refractivity contribution in [3.63, 3.8) is 0 Å². The van der Waals surface area contributed by atoms with E-state index in [2.05, 4.69) is 25.7 Å². The van der Waals surface area contributed by atoms with Gasteiger partial charge in [0, 0.05) is 11.8 Å². The number of benzene rings is 1. The largest absolute Gasteiger partial charge is 0.339 e. The van der Waals surface area contributed by atoms with E-state index in [1.807, 2.05) is 44.2 Å². The number of rotatable bonds is 5. The second-order valence-electron chi connectivity index (χ2n) is 5.49. The second-order valence-corrected chi connectivity index (χ2v) is 5.49. The van der Waals surface area contributed by atoms with Crippen molar-refractivity contribution in [2.75, 3.05) is 0 Å². The molecule has 0 saturated heterocycles. The van der Waals surface area contributed by atoms with Gasteiger partial charge < -0.3 is 9.84 Å². The van der Waals surface area contributed by atoms with Crippen LogP contribution in [0.4, 0.5) is 0 Å². The first-order valence-electron chi connectivity index (χ1n) is 7.34. The van der Waals surface area contributed by atoms with Crippen LogP contribution >= 0.6 is 0 Å². The summed E-state index contributed by atoms with van der Waals surface area (Å²) in [6.45, 7) is 3.95. The van der Waals surface area contributed by atoms with E-state index in [0.717, 1.165) is 5.56 Å². The van der Waals surface area contributed by atoms with Gasteiger partial charge in [-0.1, -0.05) is 49.3 Å². The molecule has 7 heteroatoms. The Morgan fingerprint density at radius 3 is 2.65 bits per heavy atom. The highest BCUT2D eigenvalue weighted by molar-refractivity contribution is 5.92. The monoisotopic (exact) mass is 311 g/mol. The van der Waals surface area contributed by atoms with Gasteiger partial charge in [-0.15, -0.1) is 0 Å². The molecular formula is C16H17N5O2. The molecule has 0 bridgehead atoms. The van der Waals surface area contributed by atoms with E-state index in [0.29, 0.717) is 17.4 Å². The maximum Gasteiger partial charge on any atom is 0.269 e. The van der Waals surface area contributed by atoms with Crippen LogP contribution in [-0.2, 0) is 0 Å². The second kappa shape index (κ2) is 6.43. The van der Waals surface area contributed by atoms with Crippen molar-refractivity contribution in [3.8, 4) is 11.4 Å². The van der Waals surface area contributed by atoms with Gasteiger partial charge in [0.05, 0.1) is 0 Å². The molecule has 0 aliphatic carbocycles. The molecule has 0 fully saturated rings. The third kappa shape index (κ3) is 3.28. The minimum atomic E-state index is -0.379. The van der Waals surface area contributed by atoms with Crippen LogP contribution in [0, 0.1) is 5.92 Å². The lowest BCUT2D eigenvalue weighted by Crippen LogP contribution is -2.32. The topological polar surface area (TPSA) is 96.7 Å². The van der Waals surface area contributed by atoms with Gasteiger partial charge in [-0.05, 0) is 12.0 Å². The third-order valence-electron chi connectivity index (χ3n) is 3.44. The number of hydrogen-bond acceptors (Lipinski definition) is 5. The summed E-state index contributed by atoms with van der Waals surface area (Å²) in [4.78, 5) is 16.6. The summed E-state index contributed by atoms with van der Waals surface area (Å²) >= 11 is 0. The van der Waals surface area contributed by atoms with E-state index >= 15 is 0 Å². The minimum Gasteiger partial charge on any atom is -0.339 e. The number of H-pyrrole nitrogens is 1. The number of nitrogens with zero attached hydrogens (tertiary/aromatic N) is 3. The molecule has 23 heavy (non-hydrogen) atoms. The van der Waals surface area contributed by atoms with Gasteiger partial charge in [0.15, 0.2) is 0 Å². The molecule has 0 aliphatic rings. The highest BCUT2D eigenvalue weighted by Crippen LogP contribution is 2.23. The first-order chi connectivity index (χ1) is 11.1. The number of aromatic nitrogens is 4. The van der Waals surface area contributed by atoms with E-state index in [-0.39, 0.29) is 17.9 Å². The Kier molecular flexibility index (Phi) is 4.18. The lowest BCUT2D eigenvalue weighted by molar-refractivity contribution is 0.0909. The number of amides is 1. The molecule has 1 aromatic carbocycles. The standard InChI is InChI=1S/C16H17N5O2/c1-10(2)13(18-15(22)12-8-9-17-20-12)16-19-14(21-23-16)11-6-4-3-5-7-11/h3-10,13H,1-2H3,(H,17,20)(H,18,22)/t13-/m0/s1. The van der Waals surface area contributed by atoms with Crippen LogP contribution in [0.5, 0.6) is 0 Å². The summed E-state index contributed by atoms with van der Waals surface area (Å²) in [7, 11) is 0. The fourth-order valence-electron chi connectivity index (χ4n) is 2.18. The number of carbonyl (C=O) groups is 1. The van der Waals surface area contributed by atoms with Crippen LogP contribution in [0.25, 0.3) is 11.4 Å². The molecule has 3 aromatic rings. The average molecular weight is 311 g/mol. The predicted octanol–water partition coefficient (Wildman–Crippen LogP) is 2.59. The van der Waals surface area contributed by atoms with Gasteiger partial charge in [0.2, 0.25) is 11.7 Å². The molecule has 7 nitrogen and oxygen atoms in total. The molecule has 0 saturated carbocycles. The SMILES string of the molecule is CC(C)[C@H](NC(=O)c1ccn[nH]1)c1nc(-c2ccccc2)no1. The maximum absolute atomic E-state index is 12.2. The number of aromatic amines is 1. The van der Waals surface area contributed by atoms with Crippen LogP contribution < -0.4 is 5.32 Å². The van der Waals surface area contributed by atoms with Crippen LogP contribution in [0.2, 0.25) is 0 Å². The summed E-state index contributed by atoms with van der Waals surface area (Å²) in [5, 5.41) is 13.3. The Morgan fingerprint density at radius 1 is 1.22 bits per heavy atom. The van der Waals surface area contributed by atoms with E-state index < -0.39 is 0 Å². The van der Waals surface area contributed by atoms with Gasteiger partial charge >= 0.3 is 0 Å². The van der Waals surface area contributed by atoms with Crippen LogP contribution in [0.15, 0.2) is 47.1 Å². The van der Waals surface area contributed by atoms with Gasteiger partial charge in [-0.25, -0.2) is 0 Å². The van der Waals surface area contributed by atoms with Crippen LogP contribution in [-0.4, -0.2) is 26.2 Å². The van der Waals surface area contributed by atoms with E-state index in [1.165, 1.54) is 6.20 Å². The van der Waals surface area contributed by atoms with Crippen LogP contribution in [0.3, 0.4) is 0 Å². The number of nitrogens with one attached hydrogen (secondary N) is 2. The Bertz CT molecular complexity index is 765. The van der Waals surface area contributed by atoms with Gasteiger partial charge in [-0.3, -0.25) is 9.89 Å². The molecule has 118 valence electrons. The van der Waals surface area contributed by atoms with Gasteiger partial charge in [0.25, 0.3) is 5.91 Å². The summed E-state index contributed by atoms with van der Waals surface area (Å²) < 4.78 is 5.36. The van der Waals surface area contributed by atoms with Gasteiger partial charge in [-0.2, -0.15) is 10.1 Å². The number of carbonyl (C=O) groups excluding carboxylic acids is 1. The fraction of sp³-hybridized carbons (Fsp3) is 0.250. The molecule has 0 radical (unpaired) electrons. The fourth-order valence-corrected chi connectivity index (χ4v) is 2.18. The summed E-state index contributed by atoms with van der Waals surface area (Å²) in [6.07, 6.45) is 1.53. The molecule has 0 aliphatic heterocycles. The van der Waals surface area contributed by atoms with Crippen LogP contribution in [0.1, 0.15) is 36.3 Å². The Hall–Kier alpha value is -2.96. The molecule has 1 amide bonds. The lowest BCUT2D eigenvalue weighted by Gasteiger charge is -2.17. The number of hydrogen-bond donors (Lipinski definition) is 2. The molecule has 3 rings (SSSR count). The van der Waals surface area contributed by atoms with Gasteiger partial charge in [0.1, 0.15) is 11.7 Å². The Balaban J connectivity index is 1.82. The summed E-state index contributed by atoms with van der Waals surface area (Å²) in [5.41, 5.74) is 1.25. The molecule has 2 N–H and O–H groups in total. The third-order valence-corrected chi connectivity index (χ3v) is 3.44. The van der Waals surface area contributed by atoms with Crippen molar-refractivity contribution in [1.29, 1.82) is 0 Å². The molecule has 0 spiro atoms. The van der Waals surface area contributed by atoms with Crippen molar-refractivity contribution in [1.82, 2.24) is 25.7 Å². The molecule has 2 heterocycles. The molecule has 1 atom stereocenters. The van der Waals surface area contributed by atoms with E-state index in [4.69, 9.17) is 4.52 Å². The van der Waals surface area contributed by atoms with E-state index in [1.54, 1.807) is 6.07 Å². The maximum atomic E-state index is 12.2. The first-order valence-corrected chi connectivity index (χ1v) is 7.34. The van der Waals surface area contributed by atoms with Crippen molar-refractivity contribution < 1.29 is 9.32 Å². The quantitative estimate of drug-likeness (QED) is 0.755. The summed E-state index contributed by atoms with van der Waals surface area (Å²) in [6, 6.07) is 10.8. The van der Waals surface area contributed by atoms with Crippen molar-refractivity contribution >= 4 is 5.91 Å². The predicted molar refractivity (Wildman–Crippen MR) is 83.4 cm³/mol. The average Bonchev–Trinajstić information content (AvgIpc) is 3.24. The Labute approximate surface area is 133 Å². The molecular weight excluding hydrogens is 294 g/mol. The molecule has 0 unspecified atom stereocenters. The smallest absolute Gasteiger partial charge is 0.269 e. The zero-order valence-corrected chi connectivity index (χ0v) is 12.9. The molecule has 2 aromatic heterocycles.